The van der Waals surface area contributed by atoms with Gasteiger partial charge in [-0.25, -0.2) is 0 Å². The quantitative estimate of drug-likeness (QED) is 0.710. The molecular weight excluding hydrogens is 292 g/mol. The van der Waals surface area contributed by atoms with Crippen LogP contribution in [-0.4, -0.2) is 43.5 Å². The van der Waals surface area contributed by atoms with Gasteiger partial charge >= 0.3 is 5.97 Å². The first-order valence-electron chi connectivity index (χ1n) is 8.33. The third-order valence-electron chi connectivity index (χ3n) is 4.20. The number of nitrogens with zero attached hydrogens (tertiary/aromatic N) is 1. The highest BCUT2D eigenvalue weighted by molar-refractivity contribution is 5.99. The molecule has 1 aromatic rings. The Morgan fingerprint density at radius 2 is 2.13 bits per heavy atom. The number of hydrogen-bond donors (Lipinski definition) is 1. The maximum absolute atomic E-state index is 11.6. The largest absolute Gasteiger partial charge is 0.469 e. The summed E-state index contributed by atoms with van der Waals surface area (Å²) in [5.74, 6) is -0.0668. The average molecular weight is 318 g/mol. The number of benzene rings is 1. The molecule has 1 amide bonds. The average Bonchev–Trinajstić information content (AvgIpc) is 2.93. The molecule has 0 atom stereocenters. The molecule has 0 spiro atoms. The predicted octanol–water partition coefficient (Wildman–Crippen LogP) is 2.39. The summed E-state index contributed by atoms with van der Waals surface area (Å²) < 4.78 is 4.69. The molecule has 2 rings (SSSR count). The van der Waals surface area contributed by atoms with Crippen molar-refractivity contribution in [3.63, 3.8) is 0 Å². The molecular formula is C18H26N2O3. The molecule has 0 fully saturated rings. The van der Waals surface area contributed by atoms with Crippen LogP contribution >= 0.6 is 0 Å². The zero-order chi connectivity index (χ0) is 16.7. The molecule has 1 aromatic carbocycles. The lowest BCUT2D eigenvalue weighted by Gasteiger charge is -2.22. The van der Waals surface area contributed by atoms with Crippen molar-refractivity contribution >= 4 is 17.6 Å². The Balaban J connectivity index is 1.88. The number of ether oxygens (including phenoxy) is 1. The zero-order valence-corrected chi connectivity index (χ0v) is 14.1. The van der Waals surface area contributed by atoms with Crippen molar-refractivity contribution in [2.24, 2.45) is 0 Å². The van der Waals surface area contributed by atoms with Gasteiger partial charge in [-0.15, -0.1) is 0 Å². The molecule has 126 valence electrons. The fourth-order valence-electron chi connectivity index (χ4n) is 3.03. The van der Waals surface area contributed by atoms with Crippen LogP contribution in [0.1, 0.15) is 37.3 Å². The number of methoxy groups -OCH3 is 1. The highest BCUT2D eigenvalue weighted by atomic mass is 16.5. The number of anilines is 1. The van der Waals surface area contributed by atoms with E-state index in [0.29, 0.717) is 12.8 Å². The van der Waals surface area contributed by atoms with Crippen LogP contribution in [0.4, 0.5) is 5.69 Å². The van der Waals surface area contributed by atoms with E-state index in [4.69, 9.17) is 0 Å². The third-order valence-corrected chi connectivity index (χ3v) is 4.20. The number of hydrogen-bond acceptors (Lipinski definition) is 4. The van der Waals surface area contributed by atoms with Crippen LogP contribution in [0.3, 0.4) is 0 Å². The summed E-state index contributed by atoms with van der Waals surface area (Å²) in [6.45, 7) is 5.03. The second-order valence-corrected chi connectivity index (χ2v) is 5.94. The van der Waals surface area contributed by atoms with Gasteiger partial charge < -0.3 is 15.0 Å². The van der Waals surface area contributed by atoms with Gasteiger partial charge in [-0.3, -0.25) is 9.59 Å². The number of carbonyl (C=O) groups excluding carboxylic acids is 2. The molecule has 0 aromatic heterocycles. The van der Waals surface area contributed by atoms with E-state index in [2.05, 4.69) is 27.9 Å². The van der Waals surface area contributed by atoms with Crippen LogP contribution in [0.5, 0.6) is 0 Å². The molecule has 0 saturated carbocycles. The van der Waals surface area contributed by atoms with Crippen molar-refractivity contribution < 1.29 is 14.3 Å². The van der Waals surface area contributed by atoms with E-state index in [9.17, 15) is 9.59 Å². The summed E-state index contributed by atoms with van der Waals surface area (Å²) in [6, 6.07) is 6.07. The van der Waals surface area contributed by atoms with Crippen molar-refractivity contribution in [1.82, 2.24) is 4.90 Å². The minimum absolute atomic E-state index is 0.0796. The van der Waals surface area contributed by atoms with Crippen LogP contribution in [0, 0.1) is 0 Å². The van der Waals surface area contributed by atoms with Gasteiger partial charge in [0.25, 0.3) is 0 Å². The predicted molar refractivity (Wildman–Crippen MR) is 90.5 cm³/mol. The molecule has 0 saturated heterocycles. The Bertz CT molecular complexity index is 557. The lowest BCUT2D eigenvalue weighted by atomic mass is 10.0. The third kappa shape index (κ3) is 5.06. The van der Waals surface area contributed by atoms with Crippen molar-refractivity contribution in [3.8, 4) is 0 Å². The van der Waals surface area contributed by atoms with E-state index in [1.54, 1.807) is 0 Å². The van der Waals surface area contributed by atoms with Gasteiger partial charge in [-0.2, -0.15) is 0 Å². The first-order valence-corrected chi connectivity index (χ1v) is 8.33. The molecule has 0 radical (unpaired) electrons. The maximum atomic E-state index is 11.6. The highest BCUT2D eigenvalue weighted by Gasteiger charge is 2.20. The Labute approximate surface area is 138 Å². The first kappa shape index (κ1) is 17.5. The number of carbonyl (C=O) groups is 2. The Kier molecular flexibility index (Phi) is 6.59. The van der Waals surface area contributed by atoms with Gasteiger partial charge in [-0.1, -0.05) is 19.1 Å². The van der Waals surface area contributed by atoms with Crippen LogP contribution in [-0.2, 0) is 27.2 Å². The summed E-state index contributed by atoms with van der Waals surface area (Å²) in [7, 11) is 1.43. The smallest absolute Gasteiger partial charge is 0.305 e. The van der Waals surface area contributed by atoms with Crippen molar-refractivity contribution in [1.29, 1.82) is 0 Å². The fraction of sp³-hybridized carbons (Fsp3) is 0.556. The Morgan fingerprint density at radius 3 is 2.87 bits per heavy atom. The summed E-state index contributed by atoms with van der Waals surface area (Å²) in [5.41, 5.74) is 3.35. The molecule has 1 N–H and O–H groups in total. The van der Waals surface area contributed by atoms with Crippen LogP contribution in [0.25, 0.3) is 0 Å². The lowest BCUT2D eigenvalue weighted by molar-refractivity contribution is -0.140. The fourth-order valence-corrected chi connectivity index (χ4v) is 3.03. The number of rotatable bonds is 9. The van der Waals surface area contributed by atoms with E-state index < -0.39 is 0 Å². The van der Waals surface area contributed by atoms with Crippen LogP contribution < -0.4 is 5.32 Å². The summed E-state index contributed by atoms with van der Waals surface area (Å²) in [6.07, 6.45) is 3.79. The second kappa shape index (κ2) is 8.67. The van der Waals surface area contributed by atoms with Crippen molar-refractivity contribution in [2.75, 3.05) is 32.1 Å². The van der Waals surface area contributed by atoms with Gasteiger partial charge in [0.2, 0.25) is 5.91 Å². The number of nitrogens with one attached hydrogen (secondary N) is 1. The van der Waals surface area contributed by atoms with Gasteiger partial charge in [0, 0.05) is 18.7 Å². The minimum Gasteiger partial charge on any atom is -0.469 e. The summed E-state index contributed by atoms with van der Waals surface area (Å²) in [5, 5.41) is 2.90. The molecule has 23 heavy (non-hydrogen) atoms. The van der Waals surface area contributed by atoms with E-state index in [-0.39, 0.29) is 11.9 Å². The molecule has 0 unspecified atom stereocenters. The van der Waals surface area contributed by atoms with E-state index in [1.165, 1.54) is 12.7 Å². The van der Waals surface area contributed by atoms with E-state index >= 15 is 0 Å². The standard InChI is InChI=1S/C18H26N2O3/c1-3-10-20(11-5-8-18(22)23-2)12-9-14-6-4-7-16-15(14)13-17(21)19-16/h4,6-7H,3,5,8-13H2,1-2H3,(H,19,21). The molecule has 1 heterocycles. The molecule has 1 aliphatic heterocycles. The number of fused-ring (bicyclic) bond motifs is 1. The molecule has 0 bridgehead atoms. The first-order chi connectivity index (χ1) is 11.1. The molecule has 5 nitrogen and oxygen atoms in total. The zero-order valence-electron chi connectivity index (χ0n) is 14.1. The summed E-state index contributed by atoms with van der Waals surface area (Å²) in [4.78, 5) is 25.2. The maximum Gasteiger partial charge on any atom is 0.305 e. The molecule has 1 aliphatic rings. The highest BCUT2D eigenvalue weighted by Crippen LogP contribution is 2.26. The summed E-state index contributed by atoms with van der Waals surface area (Å²) >= 11 is 0. The van der Waals surface area contributed by atoms with Crippen LogP contribution in [0.15, 0.2) is 18.2 Å². The minimum atomic E-state index is -0.146. The number of amides is 1. The Morgan fingerprint density at radius 1 is 1.30 bits per heavy atom. The molecule has 0 aliphatic carbocycles. The van der Waals surface area contributed by atoms with E-state index in [1.807, 2.05) is 12.1 Å². The van der Waals surface area contributed by atoms with Gasteiger partial charge in [0.05, 0.1) is 13.5 Å². The second-order valence-electron chi connectivity index (χ2n) is 5.94. The van der Waals surface area contributed by atoms with Gasteiger partial charge in [-0.05, 0) is 49.5 Å². The van der Waals surface area contributed by atoms with Crippen LogP contribution in [0.2, 0.25) is 0 Å². The Hall–Kier alpha value is -1.88. The monoisotopic (exact) mass is 318 g/mol. The molecule has 5 heteroatoms. The van der Waals surface area contributed by atoms with Crippen molar-refractivity contribution in [2.45, 2.75) is 39.0 Å². The normalized spacial score (nSPS) is 13.1. The lowest BCUT2D eigenvalue weighted by Crippen LogP contribution is -2.28. The number of esters is 1. The van der Waals surface area contributed by atoms with Gasteiger partial charge in [0.1, 0.15) is 0 Å². The SMILES string of the molecule is CCCN(CCCC(=O)OC)CCc1cccc2c1CC(=O)N2. The topological polar surface area (TPSA) is 58.6 Å². The van der Waals surface area contributed by atoms with E-state index in [0.717, 1.165) is 50.1 Å². The van der Waals surface area contributed by atoms with Crippen molar-refractivity contribution in [3.05, 3.63) is 29.3 Å². The van der Waals surface area contributed by atoms with Gasteiger partial charge in [0.15, 0.2) is 0 Å².